The van der Waals surface area contributed by atoms with Crippen LogP contribution in [0.5, 0.6) is 0 Å². The van der Waals surface area contributed by atoms with E-state index in [9.17, 15) is 0 Å². The summed E-state index contributed by atoms with van der Waals surface area (Å²) in [6.07, 6.45) is 7.86. The minimum absolute atomic E-state index is 0.882. The molecule has 1 radical (unpaired) electrons. The molecular formula is C10H19O. The molecule has 0 N–H and O–H groups in total. The zero-order valence-corrected chi connectivity index (χ0v) is 7.51. The van der Waals surface area contributed by atoms with E-state index in [1.807, 2.05) is 6.61 Å². The average Bonchev–Trinajstić information content (AvgIpc) is 1.93. The summed E-state index contributed by atoms with van der Waals surface area (Å²) < 4.78 is 5.41. The van der Waals surface area contributed by atoms with Crippen LogP contribution < -0.4 is 0 Å². The fourth-order valence-electron chi connectivity index (χ4n) is 1.23. The first-order valence-electron chi connectivity index (χ1n) is 4.86. The van der Waals surface area contributed by atoms with Gasteiger partial charge in [0.05, 0.1) is 6.61 Å². The van der Waals surface area contributed by atoms with Gasteiger partial charge in [-0.15, -0.1) is 0 Å². The van der Waals surface area contributed by atoms with Gasteiger partial charge in [-0.25, -0.2) is 0 Å². The van der Waals surface area contributed by atoms with Gasteiger partial charge in [-0.1, -0.05) is 26.2 Å². The topological polar surface area (TPSA) is 9.23 Å². The first kappa shape index (κ1) is 9.05. The Labute approximate surface area is 70.1 Å². The molecule has 65 valence electrons. The third-order valence-corrected chi connectivity index (χ3v) is 2.35. The van der Waals surface area contributed by atoms with E-state index in [4.69, 9.17) is 4.74 Å². The van der Waals surface area contributed by atoms with E-state index in [1.165, 1.54) is 32.1 Å². The lowest BCUT2D eigenvalue weighted by molar-refractivity contribution is 0.109. The van der Waals surface area contributed by atoms with Crippen molar-refractivity contribution in [1.29, 1.82) is 0 Å². The highest BCUT2D eigenvalue weighted by Crippen LogP contribution is 2.26. The van der Waals surface area contributed by atoms with Crippen LogP contribution in [0.15, 0.2) is 0 Å². The van der Waals surface area contributed by atoms with Crippen molar-refractivity contribution in [1.82, 2.24) is 0 Å². The molecule has 0 aromatic rings. The molecule has 0 aromatic carbocycles. The Morgan fingerprint density at radius 2 is 2.27 bits per heavy atom. The molecule has 1 aliphatic rings. The fourth-order valence-corrected chi connectivity index (χ4v) is 1.23. The normalized spacial score (nSPS) is 18.3. The molecule has 0 atom stereocenters. The second-order valence-corrected chi connectivity index (χ2v) is 3.44. The van der Waals surface area contributed by atoms with E-state index >= 15 is 0 Å². The summed E-state index contributed by atoms with van der Waals surface area (Å²) in [4.78, 5) is 0. The SMILES string of the molecule is CCCC[CH]OCC1CCC1. The predicted molar refractivity (Wildman–Crippen MR) is 47.1 cm³/mol. The van der Waals surface area contributed by atoms with E-state index in [2.05, 4.69) is 6.92 Å². The molecule has 1 saturated carbocycles. The Morgan fingerprint density at radius 1 is 1.45 bits per heavy atom. The Hall–Kier alpha value is -0.0400. The Balaban J connectivity index is 1.73. The highest BCUT2D eigenvalue weighted by atomic mass is 16.5. The van der Waals surface area contributed by atoms with Gasteiger partial charge in [0.2, 0.25) is 0 Å². The van der Waals surface area contributed by atoms with Crippen molar-refractivity contribution in [2.45, 2.75) is 45.4 Å². The van der Waals surface area contributed by atoms with Crippen LogP contribution in [0.4, 0.5) is 0 Å². The van der Waals surface area contributed by atoms with E-state index in [0.717, 1.165) is 18.9 Å². The molecule has 1 aliphatic carbocycles. The summed E-state index contributed by atoms with van der Waals surface area (Å²) in [5.41, 5.74) is 0. The molecule has 1 fully saturated rings. The number of unbranched alkanes of at least 4 members (excludes halogenated alkanes) is 2. The van der Waals surface area contributed by atoms with E-state index in [0.29, 0.717) is 0 Å². The number of ether oxygens (including phenoxy) is 1. The number of hydrogen-bond donors (Lipinski definition) is 0. The van der Waals surface area contributed by atoms with Crippen LogP contribution in [0.2, 0.25) is 0 Å². The maximum atomic E-state index is 5.41. The predicted octanol–water partition coefficient (Wildman–Crippen LogP) is 3.16. The van der Waals surface area contributed by atoms with Gasteiger partial charge in [0.1, 0.15) is 0 Å². The third kappa shape index (κ3) is 3.76. The van der Waals surface area contributed by atoms with Gasteiger partial charge in [-0.2, -0.15) is 0 Å². The molecule has 0 aliphatic heterocycles. The van der Waals surface area contributed by atoms with Crippen LogP contribution in [0, 0.1) is 12.5 Å². The molecular weight excluding hydrogens is 136 g/mol. The number of hydrogen-bond acceptors (Lipinski definition) is 1. The molecule has 1 nitrogen and oxygen atoms in total. The van der Waals surface area contributed by atoms with Gasteiger partial charge in [-0.3, -0.25) is 0 Å². The van der Waals surface area contributed by atoms with Crippen molar-refractivity contribution in [3.8, 4) is 0 Å². The smallest absolute Gasteiger partial charge is 0.0836 e. The van der Waals surface area contributed by atoms with Crippen molar-refractivity contribution < 1.29 is 4.74 Å². The number of rotatable bonds is 6. The highest BCUT2D eigenvalue weighted by Gasteiger charge is 2.16. The lowest BCUT2D eigenvalue weighted by Crippen LogP contribution is -2.16. The second-order valence-electron chi connectivity index (χ2n) is 3.44. The van der Waals surface area contributed by atoms with Gasteiger partial charge < -0.3 is 4.74 Å². The van der Waals surface area contributed by atoms with E-state index < -0.39 is 0 Å². The van der Waals surface area contributed by atoms with Gasteiger partial charge in [-0.05, 0) is 25.2 Å². The van der Waals surface area contributed by atoms with Crippen LogP contribution in [-0.4, -0.2) is 6.61 Å². The zero-order valence-electron chi connectivity index (χ0n) is 7.51. The summed E-state index contributed by atoms with van der Waals surface area (Å²) in [5, 5.41) is 0. The molecule has 0 aromatic heterocycles. The molecule has 0 saturated heterocycles. The van der Waals surface area contributed by atoms with Gasteiger partial charge in [0, 0.05) is 6.61 Å². The molecule has 0 heterocycles. The van der Waals surface area contributed by atoms with Crippen molar-refractivity contribution in [3.63, 3.8) is 0 Å². The summed E-state index contributed by atoms with van der Waals surface area (Å²) in [6, 6.07) is 0. The molecule has 0 amide bonds. The first-order valence-corrected chi connectivity index (χ1v) is 4.86. The van der Waals surface area contributed by atoms with Gasteiger partial charge in [0.15, 0.2) is 0 Å². The third-order valence-electron chi connectivity index (χ3n) is 2.35. The molecule has 0 bridgehead atoms. The molecule has 1 heteroatoms. The maximum absolute atomic E-state index is 5.41. The molecule has 11 heavy (non-hydrogen) atoms. The summed E-state index contributed by atoms with van der Waals surface area (Å²) >= 11 is 0. The van der Waals surface area contributed by atoms with Crippen molar-refractivity contribution in [3.05, 3.63) is 6.61 Å². The Kier molecular flexibility index (Phi) is 4.60. The van der Waals surface area contributed by atoms with E-state index in [1.54, 1.807) is 0 Å². The molecule has 1 rings (SSSR count). The van der Waals surface area contributed by atoms with Crippen molar-refractivity contribution in [2.75, 3.05) is 6.61 Å². The van der Waals surface area contributed by atoms with E-state index in [-0.39, 0.29) is 0 Å². The molecule has 0 spiro atoms. The zero-order chi connectivity index (χ0) is 7.94. The summed E-state index contributed by atoms with van der Waals surface area (Å²) in [5.74, 6) is 0.882. The second kappa shape index (κ2) is 5.59. The standard InChI is InChI=1S/C10H19O/c1-2-3-4-8-11-9-10-6-5-7-10/h8,10H,2-7,9H2,1H3. The average molecular weight is 155 g/mol. The van der Waals surface area contributed by atoms with Crippen LogP contribution in [0.1, 0.15) is 45.4 Å². The van der Waals surface area contributed by atoms with Crippen LogP contribution in [0.3, 0.4) is 0 Å². The Bertz CT molecular complexity index is 86.9. The minimum atomic E-state index is 0.882. The van der Waals surface area contributed by atoms with Gasteiger partial charge in [0.25, 0.3) is 0 Å². The minimum Gasteiger partial charge on any atom is -0.375 e. The maximum Gasteiger partial charge on any atom is 0.0836 e. The Morgan fingerprint density at radius 3 is 2.82 bits per heavy atom. The van der Waals surface area contributed by atoms with Crippen LogP contribution in [0.25, 0.3) is 0 Å². The summed E-state index contributed by atoms with van der Waals surface area (Å²) in [6.45, 7) is 5.17. The monoisotopic (exact) mass is 155 g/mol. The van der Waals surface area contributed by atoms with Crippen molar-refractivity contribution >= 4 is 0 Å². The highest BCUT2D eigenvalue weighted by molar-refractivity contribution is 4.69. The lowest BCUT2D eigenvalue weighted by atomic mass is 9.86. The lowest BCUT2D eigenvalue weighted by Gasteiger charge is -2.24. The largest absolute Gasteiger partial charge is 0.375 e. The quantitative estimate of drug-likeness (QED) is 0.535. The van der Waals surface area contributed by atoms with Crippen LogP contribution >= 0.6 is 0 Å². The first-order chi connectivity index (χ1) is 5.43. The fraction of sp³-hybridized carbons (Fsp3) is 0.900. The molecule has 0 unspecified atom stereocenters. The summed E-state index contributed by atoms with van der Waals surface area (Å²) in [7, 11) is 0. The van der Waals surface area contributed by atoms with Crippen molar-refractivity contribution in [2.24, 2.45) is 5.92 Å². The van der Waals surface area contributed by atoms with Crippen LogP contribution in [-0.2, 0) is 4.74 Å². The van der Waals surface area contributed by atoms with Gasteiger partial charge >= 0.3 is 0 Å².